The molecule has 1 aliphatic rings. The number of hydrogen-bond acceptors (Lipinski definition) is 6. The Kier molecular flexibility index (Phi) is 6.71. The molecule has 0 unspecified atom stereocenters. The zero-order chi connectivity index (χ0) is 21.8. The maximum atomic E-state index is 13.1. The Morgan fingerprint density at radius 1 is 1.19 bits per heavy atom. The van der Waals surface area contributed by atoms with Gasteiger partial charge in [0, 0.05) is 34.6 Å². The standard InChI is InChI=1S/C22H23ClN4O2S2/c1-16-9-11-27(12-10-16)31(28,29)19-7-4-6-17(13-19)21-15-30-22(25-21)26-24-14-18-5-2-3-8-20(18)23/h2-8,13-16H,9-12H2,1H3,(H,25,26)/b24-14+. The first-order valence-corrected chi connectivity index (χ1v) is 12.7. The minimum Gasteiger partial charge on any atom is -0.253 e. The van der Waals surface area contributed by atoms with Gasteiger partial charge in [-0.05, 0) is 37.0 Å². The fourth-order valence-corrected chi connectivity index (χ4v) is 5.75. The SMILES string of the molecule is CC1CCN(S(=O)(=O)c2cccc(-c3csc(N/N=C/c4ccccc4Cl)n3)c2)CC1. The Labute approximate surface area is 191 Å². The monoisotopic (exact) mass is 474 g/mol. The number of aromatic nitrogens is 1. The van der Waals surface area contributed by atoms with Crippen molar-refractivity contribution in [3.05, 3.63) is 64.5 Å². The highest BCUT2D eigenvalue weighted by atomic mass is 35.5. The molecule has 0 bridgehead atoms. The van der Waals surface area contributed by atoms with Gasteiger partial charge in [-0.15, -0.1) is 11.3 Å². The molecule has 2 aromatic carbocycles. The first-order valence-electron chi connectivity index (χ1n) is 10.0. The van der Waals surface area contributed by atoms with Gasteiger partial charge in [0.05, 0.1) is 16.8 Å². The Hall–Kier alpha value is -2.26. The topological polar surface area (TPSA) is 74.7 Å². The van der Waals surface area contributed by atoms with Crippen molar-refractivity contribution in [3.8, 4) is 11.3 Å². The Bertz CT molecular complexity index is 1190. The van der Waals surface area contributed by atoms with E-state index < -0.39 is 10.0 Å². The number of sulfonamides is 1. The summed E-state index contributed by atoms with van der Waals surface area (Å²) < 4.78 is 27.7. The van der Waals surface area contributed by atoms with E-state index in [-0.39, 0.29) is 0 Å². The maximum absolute atomic E-state index is 13.1. The van der Waals surface area contributed by atoms with Crippen molar-refractivity contribution < 1.29 is 8.42 Å². The van der Waals surface area contributed by atoms with Crippen LogP contribution in [0.4, 0.5) is 5.13 Å². The van der Waals surface area contributed by atoms with Gasteiger partial charge in [0.2, 0.25) is 15.2 Å². The molecule has 1 saturated heterocycles. The number of benzene rings is 2. The van der Waals surface area contributed by atoms with Gasteiger partial charge >= 0.3 is 0 Å². The third-order valence-electron chi connectivity index (χ3n) is 5.28. The molecule has 9 heteroatoms. The van der Waals surface area contributed by atoms with Crippen LogP contribution < -0.4 is 5.43 Å². The van der Waals surface area contributed by atoms with Crippen molar-refractivity contribution in [2.45, 2.75) is 24.7 Å². The van der Waals surface area contributed by atoms with Crippen molar-refractivity contribution in [2.24, 2.45) is 11.0 Å². The van der Waals surface area contributed by atoms with E-state index in [1.807, 2.05) is 29.6 Å². The van der Waals surface area contributed by atoms with E-state index in [9.17, 15) is 8.42 Å². The van der Waals surface area contributed by atoms with Crippen LogP contribution in [0.1, 0.15) is 25.3 Å². The summed E-state index contributed by atoms with van der Waals surface area (Å²) in [6.07, 6.45) is 3.43. The van der Waals surface area contributed by atoms with Gasteiger partial charge in [0.15, 0.2) is 0 Å². The second kappa shape index (κ2) is 9.48. The summed E-state index contributed by atoms with van der Waals surface area (Å²) >= 11 is 7.52. The second-order valence-corrected chi connectivity index (χ2v) is 10.7. The zero-order valence-electron chi connectivity index (χ0n) is 17.0. The molecular formula is C22H23ClN4O2S2. The summed E-state index contributed by atoms with van der Waals surface area (Å²) in [4.78, 5) is 4.84. The van der Waals surface area contributed by atoms with E-state index in [4.69, 9.17) is 11.6 Å². The number of nitrogens with zero attached hydrogens (tertiary/aromatic N) is 3. The number of rotatable bonds is 6. The predicted molar refractivity (Wildman–Crippen MR) is 127 cm³/mol. The van der Waals surface area contributed by atoms with Crippen molar-refractivity contribution in [2.75, 3.05) is 18.5 Å². The average Bonchev–Trinajstić information content (AvgIpc) is 3.24. The molecule has 3 aromatic rings. The summed E-state index contributed by atoms with van der Waals surface area (Å²) in [6.45, 7) is 3.31. The van der Waals surface area contributed by atoms with Crippen LogP contribution in [0.2, 0.25) is 5.02 Å². The van der Waals surface area contributed by atoms with Crippen LogP contribution in [-0.4, -0.2) is 37.0 Å². The molecular weight excluding hydrogens is 452 g/mol. The average molecular weight is 475 g/mol. The number of halogens is 1. The molecule has 1 aliphatic heterocycles. The molecule has 0 aliphatic carbocycles. The van der Waals surface area contributed by atoms with Gasteiger partial charge in [-0.3, -0.25) is 5.43 Å². The van der Waals surface area contributed by atoms with Crippen LogP contribution in [-0.2, 0) is 10.0 Å². The van der Waals surface area contributed by atoms with Crippen LogP contribution >= 0.6 is 22.9 Å². The van der Waals surface area contributed by atoms with Crippen molar-refractivity contribution >= 4 is 44.3 Å². The number of piperidine rings is 1. The van der Waals surface area contributed by atoms with Gasteiger partial charge in [-0.1, -0.05) is 48.9 Å². The fraction of sp³-hybridized carbons (Fsp3) is 0.273. The molecule has 0 amide bonds. The Balaban J connectivity index is 1.48. The molecule has 0 saturated carbocycles. The van der Waals surface area contributed by atoms with Crippen molar-refractivity contribution in [3.63, 3.8) is 0 Å². The van der Waals surface area contributed by atoms with Gasteiger partial charge < -0.3 is 0 Å². The van der Waals surface area contributed by atoms with Gasteiger partial charge in [0.25, 0.3) is 0 Å². The van der Waals surface area contributed by atoms with Crippen LogP contribution in [0.15, 0.2) is 63.9 Å². The molecule has 4 rings (SSSR count). The van der Waals surface area contributed by atoms with E-state index in [0.29, 0.717) is 39.8 Å². The third kappa shape index (κ3) is 5.15. The van der Waals surface area contributed by atoms with Crippen LogP contribution in [0.25, 0.3) is 11.3 Å². The zero-order valence-corrected chi connectivity index (χ0v) is 19.4. The first kappa shape index (κ1) is 22.0. The molecule has 31 heavy (non-hydrogen) atoms. The molecule has 162 valence electrons. The van der Waals surface area contributed by atoms with Crippen molar-refractivity contribution in [1.82, 2.24) is 9.29 Å². The number of thiazole rings is 1. The number of hydrogen-bond donors (Lipinski definition) is 1. The van der Waals surface area contributed by atoms with Gasteiger partial charge in [0.1, 0.15) is 0 Å². The lowest BCUT2D eigenvalue weighted by molar-refractivity contribution is 0.288. The van der Waals surface area contributed by atoms with Crippen molar-refractivity contribution in [1.29, 1.82) is 0 Å². The summed E-state index contributed by atoms with van der Waals surface area (Å²) in [5.41, 5.74) is 5.16. The maximum Gasteiger partial charge on any atom is 0.243 e. The number of nitrogens with one attached hydrogen (secondary N) is 1. The summed E-state index contributed by atoms with van der Waals surface area (Å²) in [5, 5.41) is 7.29. The van der Waals surface area contributed by atoms with Crippen LogP contribution in [0, 0.1) is 5.92 Å². The minimum absolute atomic E-state index is 0.304. The molecule has 6 nitrogen and oxygen atoms in total. The lowest BCUT2D eigenvalue weighted by Crippen LogP contribution is -2.37. The molecule has 1 N–H and O–H groups in total. The molecule has 0 atom stereocenters. The van der Waals surface area contributed by atoms with E-state index in [1.165, 1.54) is 11.3 Å². The quantitative estimate of drug-likeness (QED) is 0.387. The van der Waals surface area contributed by atoms with E-state index >= 15 is 0 Å². The van der Waals surface area contributed by atoms with Crippen LogP contribution in [0.5, 0.6) is 0 Å². The number of hydrazone groups is 1. The highest BCUT2D eigenvalue weighted by Gasteiger charge is 2.28. The molecule has 1 aromatic heterocycles. The summed E-state index contributed by atoms with van der Waals surface area (Å²) in [5.74, 6) is 0.569. The third-order valence-corrected chi connectivity index (χ3v) is 8.27. The Morgan fingerprint density at radius 2 is 1.97 bits per heavy atom. The highest BCUT2D eigenvalue weighted by Crippen LogP contribution is 2.29. The molecule has 2 heterocycles. The largest absolute Gasteiger partial charge is 0.253 e. The lowest BCUT2D eigenvalue weighted by atomic mass is 10.0. The highest BCUT2D eigenvalue weighted by molar-refractivity contribution is 7.89. The second-order valence-electron chi connectivity index (χ2n) is 7.54. The summed E-state index contributed by atoms with van der Waals surface area (Å²) in [6, 6.07) is 14.4. The lowest BCUT2D eigenvalue weighted by Gasteiger charge is -2.29. The molecule has 1 fully saturated rings. The van der Waals surface area contributed by atoms with Gasteiger partial charge in [-0.25, -0.2) is 13.4 Å². The van der Waals surface area contributed by atoms with E-state index in [0.717, 1.165) is 24.0 Å². The normalized spacial score (nSPS) is 16.1. The van der Waals surface area contributed by atoms with Gasteiger partial charge in [-0.2, -0.15) is 9.41 Å². The van der Waals surface area contributed by atoms with Crippen LogP contribution in [0.3, 0.4) is 0 Å². The van der Waals surface area contributed by atoms with E-state index in [2.05, 4.69) is 22.4 Å². The predicted octanol–water partition coefficient (Wildman–Crippen LogP) is 5.33. The minimum atomic E-state index is -3.50. The molecule has 0 radical (unpaired) electrons. The molecule has 0 spiro atoms. The van der Waals surface area contributed by atoms with E-state index in [1.54, 1.807) is 34.8 Å². The number of anilines is 1. The fourth-order valence-electron chi connectivity index (χ4n) is 3.38. The Morgan fingerprint density at radius 3 is 2.74 bits per heavy atom. The summed E-state index contributed by atoms with van der Waals surface area (Å²) in [7, 11) is -3.50. The first-order chi connectivity index (χ1) is 14.9. The smallest absolute Gasteiger partial charge is 0.243 e.